The van der Waals surface area contributed by atoms with Crippen molar-refractivity contribution in [2.45, 2.75) is 43.7 Å². The van der Waals surface area contributed by atoms with Crippen LogP contribution in [0.15, 0.2) is 24.3 Å². The van der Waals surface area contributed by atoms with E-state index in [-0.39, 0.29) is 0 Å². The summed E-state index contributed by atoms with van der Waals surface area (Å²) < 4.78 is 0. The Hall–Kier alpha value is -0.570. The van der Waals surface area contributed by atoms with Gasteiger partial charge in [0.25, 0.3) is 0 Å². The zero-order chi connectivity index (χ0) is 11.6. The summed E-state index contributed by atoms with van der Waals surface area (Å²) in [5.41, 5.74) is 6.56. The van der Waals surface area contributed by atoms with Crippen LogP contribution in [-0.2, 0) is 0 Å². The van der Waals surface area contributed by atoms with Crippen molar-refractivity contribution in [3.05, 3.63) is 34.9 Å². The topological polar surface area (TPSA) is 46.2 Å². The van der Waals surface area contributed by atoms with Crippen LogP contribution in [0.25, 0.3) is 0 Å². The zero-order valence-electron chi connectivity index (χ0n) is 9.32. The third kappa shape index (κ3) is 2.24. The Morgan fingerprint density at radius 2 is 1.81 bits per heavy atom. The van der Waals surface area contributed by atoms with Gasteiger partial charge in [0.2, 0.25) is 0 Å². The fourth-order valence-electron chi connectivity index (χ4n) is 2.49. The van der Waals surface area contributed by atoms with Crippen molar-refractivity contribution in [3.63, 3.8) is 0 Å². The summed E-state index contributed by atoms with van der Waals surface area (Å²) >= 11 is 6.08. The van der Waals surface area contributed by atoms with Crippen LogP contribution in [0.5, 0.6) is 0 Å². The Labute approximate surface area is 101 Å². The number of hydrogen-bond donors (Lipinski definition) is 2. The molecule has 0 aliphatic heterocycles. The van der Waals surface area contributed by atoms with Crippen LogP contribution in [0.2, 0.25) is 5.02 Å². The van der Waals surface area contributed by atoms with E-state index in [0.29, 0.717) is 5.02 Å². The molecule has 1 aromatic rings. The molecule has 3 heteroatoms. The average Bonchev–Trinajstić information content (AvgIpc) is 2.30. The molecule has 0 radical (unpaired) electrons. The van der Waals surface area contributed by atoms with Crippen LogP contribution in [0.4, 0.5) is 0 Å². The third-order valence-electron chi connectivity index (χ3n) is 3.53. The van der Waals surface area contributed by atoms with Crippen LogP contribution in [0.1, 0.15) is 43.8 Å². The van der Waals surface area contributed by atoms with Crippen molar-refractivity contribution in [2.24, 2.45) is 5.73 Å². The maximum absolute atomic E-state index is 10.4. The second-order valence-electron chi connectivity index (χ2n) is 4.72. The Balaban J connectivity index is 2.24. The quantitative estimate of drug-likeness (QED) is 0.833. The molecule has 1 fully saturated rings. The van der Waals surface area contributed by atoms with Crippen molar-refractivity contribution < 1.29 is 5.11 Å². The Morgan fingerprint density at radius 1 is 1.19 bits per heavy atom. The molecule has 1 saturated carbocycles. The van der Waals surface area contributed by atoms with E-state index in [9.17, 15) is 5.11 Å². The second kappa shape index (κ2) is 4.74. The van der Waals surface area contributed by atoms with E-state index in [2.05, 4.69) is 0 Å². The fourth-order valence-corrected chi connectivity index (χ4v) is 2.73. The lowest BCUT2D eigenvalue weighted by Gasteiger charge is -2.38. The molecule has 0 bridgehead atoms. The van der Waals surface area contributed by atoms with E-state index < -0.39 is 11.6 Å². The van der Waals surface area contributed by atoms with Gasteiger partial charge in [-0.25, -0.2) is 0 Å². The van der Waals surface area contributed by atoms with E-state index in [1.165, 1.54) is 6.42 Å². The molecule has 0 spiro atoms. The molecule has 88 valence electrons. The molecule has 1 aromatic carbocycles. The van der Waals surface area contributed by atoms with Crippen molar-refractivity contribution in [1.82, 2.24) is 0 Å². The maximum Gasteiger partial charge on any atom is 0.0983 e. The second-order valence-corrected chi connectivity index (χ2v) is 5.13. The molecule has 1 aliphatic rings. The summed E-state index contributed by atoms with van der Waals surface area (Å²) in [4.78, 5) is 0. The molecular weight excluding hydrogens is 222 g/mol. The van der Waals surface area contributed by atoms with Crippen LogP contribution in [0.3, 0.4) is 0 Å². The van der Waals surface area contributed by atoms with Gasteiger partial charge in [-0.2, -0.15) is 0 Å². The van der Waals surface area contributed by atoms with Crippen LogP contribution in [0, 0.1) is 0 Å². The highest BCUT2D eigenvalue weighted by Gasteiger charge is 2.36. The molecule has 2 rings (SSSR count). The molecule has 2 nitrogen and oxygen atoms in total. The first-order chi connectivity index (χ1) is 7.63. The van der Waals surface area contributed by atoms with Crippen LogP contribution >= 0.6 is 11.6 Å². The first-order valence-corrected chi connectivity index (χ1v) is 6.23. The zero-order valence-corrected chi connectivity index (χ0v) is 10.1. The Kier molecular flexibility index (Phi) is 3.53. The number of halogens is 1. The molecule has 0 aromatic heterocycles. The van der Waals surface area contributed by atoms with Crippen LogP contribution in [-0.4, -0.2) is 10.6 Å². The monoisotopic (exact) mass is 239 g/mol. The van der Waals surface area contributed by atoms with E-state index in [1.807, 2.05) is 18.2 Å². The maximum atomic E-state index is 10.4. The first kappa shape index (κ1) is 11.9. The highest BCUT2D eigenvalue weighted by Crippen LogP contribution is 2.38. The average molecular weight is 240 g/mol. The van der Waals surface area contributed by atoms with Crippen molar-refractivity contribution in [3.8, 4) is 0 Å². The normalized spacial score (nSPS) is 21.7. The predicted molar refractivity (Wildman–Crippen MR) is 66.4 cm³/mol. The lowest BCUT2D eigenvalue weighted by Crippen LogP contribution is -2.47. The minimum absolute atomic E-state index is 0.497. The van der Waals surface area contributed by atoms with Gasteiger partial charge in [0, 0.05) is 16.1 Å². The van der Waals surface area contributed by atoms with Gasteiger partial charge in [-0.3, -0.25) is 0 Å². The third-order valence-corrected chi connectivity index (χ3v) is 3.87. The van der Waals surface area contributed by atoms with E-state index in [4.69, 9.17) is 17.3 Å². The fraction of sp³-hybridized carbons (Fsp3) is 0.538. The van der Waals surface area contributed by atoms with Gasteiger partial charge in [0.15, 0.2) is 0 Å². The summed E-state index contributed by atoms with van der Waals surface area (Å²) in [5, 5.41) is 11.0. The Morgan fingerprint density at radius 3 is 2.44 bits per heavy atom. The number of nitrogens with two attached hydrogens (primary N) is 1. The number of aliphatic hydroxyl groups is 1. The number of benzene rings is 1. The molecular formula is C13H18ClNO. The van der Waals surface area contributed by atoms with Gasteiger partial charge in [-0.1, -0.05) is 49.1 Å². The van der Waals surface area contributed by atoms with Crippen LogP contribution < -0.4 is 5.73 Å². The van der Waals surface area contributed by atoms with E-state index in [1.54, 1.807) is 6.07 Å². The van der Waals surface area contributed by atoms with E-state index >= 15 is 0 Å². The molecule has 0 saturated heterocycles. The molecule has 0 heterocycles. The van der Waals surface area contributed by atoms with Gasteiger partial charge in [-0.05, 0) is 18.9 Å². The van der Waals surface area contributed by atoms with Gasteiger partial charge >= 0.3 is 0 Å². The SMILES string of the molecule is NC1(C(O)c2ccccc2Cl)CCCCC1. The standard InChI is InChI=1S/C13H18ClNO/c14-11-7-3-2-6-10(11)12(16)13(15)8-4-1-5-9-13/h2-3,6-7,12,16H,1,4-5,8-9,15H2. The van der Waals surface area contributed by atoms with Crippen molar-refractivity contribution in [1.29, 1.82) is 0 Å². The smallest absolute Gasteiger partial charge is 0.0983 e. The highest BCUT2D eigenvalue weighted by molar-refractivity contribution is 6.31. The van der Waals surface area contributed by atoms with Gasteiger partial charge in [0.05, 0.1) is 6.10 Å². The van der Waals surface area contributed by atoms with Gasteiger partial charge < -0.3 is 10.8 Å². The molecule has 0 amide bonds. The van der Waals surface area contributed by atoms with Crippen molar-refractivity contribution >= 4 is 11.6 Å². The number of aliphatic hydroxyl groups excluding tert-OH is 1. The Bertz CT molecular complexity index is 361. The number of rotatable bonds is 2. The molecule has 1 unspecified atom stereocenters. The van der Waals surface area contributed by atoms with Gasteiger partial charge in [-0.15, -0.1) is 0 Å². The summed E-state index contributed by atoms with van der Waals surface area (Å²) in [6.45, 7) is 0. The molecule has 1 aliphatic carbocycles. The first-order valence-electron chi connectivity index (χ1n) is 5.85. The lowest BCUT2D eigenvalue weighted by molar-refractivity contribution is 0.0588. The minimum Gasteiger partial charge on any atom is -0.386 e. The molecule has 3 N–H and O–H groups in total. The van der Waals surface area contributed by atoms with Gasteiger partial charge in [0.1, 0.15) is 0 Å². The number of hydrogen-bond acceptors (Lipinski definition) is 2. The highest BCUT2D eigenvalue weighted by atomic mass is 35.5. The molecule has 16 heavy (non-hydrogen) atoms. The summed E-state index contributed by atoms with van der Waals surface area (Å²) in [6.07, 6.45) is 4.50. The van der Waals surface area contributed by atoms with E-state index in [0.717, 1.165) is 31.2 Å². The summed E-state index contributed by atoms with van der Waals surface area (Å²) in [6, 6.07) is 7.40. The predicted octanol–water partition coefficient (Wildman–Crippen LogP) is 3.04. The summed E-state index contributed by atoms with van der Waals surface area (Å²) in [7, 11) is 0. The molecule has 1 atom stereocenters. The minimum atomic E-state index is -0.651. The summed E-state index contributed by atoms with van der Waals surface area (Å²) in [5.74, 6) is 0. The largest absolute Gasteiger partial charge is 0.386 e. The lowest BCUT2D eigenvalue weighted by atomic mass is 9.76. The van der Waals surface area contributed by atoms with Crippen molar-refractivity contribution in [2.75, 3.05) is 0 Å².